The van der Waals surface area contributed by atoms with Crippen molar-refractivity contribution >= 4 is 35.1 Å². The number of benzene rings is 1. The molecule has 0 heterocycles. The van der Waals surface area contributed by atoms with Crippen LogP contribution >= 0.6 is 23.2 Å². The van der Waals surface area contributed by atoms with Crippen molar-refractivity contribution in [2.75, 3.05) is 0 Å². The number of hydrogen-bond acceptors (Lipinski definition) is 2. The molecule has 20 heavy (non-hydrogen) atoms. The topological polar surface area (TPSA) is 66.4 Å². The van der Waals surface area contributed by atoms with Crippen LogP contribution in [0.5, 0.6) is 0 Å². The van der Waals surface area contributed by atoms with Gasteiger partial charge in [0, 0.05) is 12.5 Å². The second-order valence-electron chi connectivity index (χ2n) is 4.41. The van der Waals surface area contributed by atoms with E-state index in [2.05, 4.69) is 5.32 Å². The first-order valence-electron chi connectivity index (χ1n) is 5.98. The number of carbonyl (C=O) groups excluding carboxylic acids is 1. The number of aliphatic carboxylic acids is 1. The van der Waals surface area contributed by atoms with Crippen molar-refractivity contribution in [3.8, 4) is 0 Å². The Morgan fingerprint density at radius 2 is 2.00 bits per heavy atom. The first-order chi connectivity index (χ1) is 9.31. The predicted octanol–water partition coefficient (Wildman–Crippen LogP) is 3.51. The van der Waals surface area contributed by atoms with Gasteiger partial charge in [-0.05, 0) is 31.9 Å². The van der Waals surface area contributed by atoms with Gasteiger partial charge < -0.3 is 10.4 Å². The van der Waals surface area contributed by atoms with Crippen LogP contribution in [0.15, 0.2) is 12.1 Å². The molecule has 1 amide bonds. The third-order valence-corrected chi connectivity index (χ3v) is 3.26. The molecule has 1 aromatic carbocycles. The number of carbonyl (C=O) groups is 2. The van der Waals surface area contributed by atoms with Gasteiger partial charge in [0.2, 0.25) is 0 Å². The zero-order chi connectivity index (χ0) is 15.3. The molecular formula is C13H14Cl2FNO3. The summed E-state index contributed by atoms with van der Waals surface area (Å²) in [6, 6.07) is 1.91. The van der Waals surface area contributed by atoms with Crippen LogP contribution in [0, 0.1) is 5.82 Å². The van der Waals surface area contributed by atoms with Crippen LogP contribution in [0.4, 0.5) is 4.39 Å². The highest BCUT2D eigenvalue weighted by molar-refractivity contribution is 6.36. The Balaban J connectivity index is 2.62. The molecule has 0 saturated heterocycles. The highest BCUT2D eigenvalue weighted by Crippen LogP contribution is 2.24. The van der Waals surface area contributed by atoms with Gasteiger partial charge in [0.05, 0.1) is 15.6 Å². The fourth-order valence-electron chi connectivity index (χ4n) is 1.63. The summed E-state index contributed by atoms with van der Waals surface area (Å²) in [5.41, 5.74) is -0.00125. The molecule has 1 rings (SSSR count). The predicted molar refractivity (Wildman–Crippen MR) is 74.8 cm³/mol. The van der Waals surface area contributed by atoms with Crippen molar-refractivity contribution in [3.05, 3.63) is 33.6 Å². The lowest BCUT2D eigenvalue weighted by atomic mass is 10.1. The van der Waals surface area contributed by atoms with E-state index in [9.17, 15) is 14.0 Å². The summed E-state index contributed by atoms with van der Waals surface area (Å²) >= 11 is 11.4. The number of amides is 1. The van der Waals surface area contributed by atoms with Crippen molar-refractivity contribution < 1.29 is 19.1 Å². The minimum Gasteiger partial charge on any atom is -0.481 e. The third kappa shape index (κ3) is 4.98. The number of hydrogen-bond donors (Lipinski definition) is 2. The molecule has 0 aliphatic carbocycles. The van der Waals surface area contributed by atoms with Gasteiger partial charge in [-0.15, -0.1) is 0 Å². The van der Waals surface area contributed by atoms with Crippen LogP contribution in [-0.2, 0) is 4.79 Å². The smallest absolute Gasteiger partial charge is 0.303 e. The lowest BCUT2D eigenvalue weighted by molar-refractivity contribution is -0.137. The maximum Gasteiger partial charge on any atom is 0.303 e. The van der Waals surface area contributed by atoms with E-state index >= 15 is 0 Å². The van der Waals surface area contributed by atoms with E-state index in [-0.39, 0.29) is 28.1 Å². The molecule has 7 heteroatoms. The number of halogens is 3. The Morgan fingerprint density at radius 1 is 1.35 bits per heavy atom. The number of rotatable bonds is 6. The Hall–Kier alpha value is -1.33. The summed E-state index contributed by atoms with van der Waals surface area (Å²) in [6.45, 7) is 1.74. The molecule has 0 aliphatic heterocycles. The molecule has 0 bridgehead atoms. The number of carboxylic acid groups (broad SMARTS) is 1. The van der Waals surface area contributed by atoms with Gasteiger partial charge in [-0.1, -0.05) is 23.2 Å². The fraction of sp³-hybridized carbons (Fsp3) is 0.385. The summed E-state index contributed by atoms with van der Waals surface area (Å²) in [5, 5.41) is 11.1. The minimum atomic E-state index is -0.883. The molecule has 0 aromatic heterocycles. The van der Waals surface area contributed by atoms with E-state index in [1.807, 2.05) is 0 Å². The normalized spacial score (nSPS) is 12.0. The van der Waals surface area contributed by atoms with Gasteiger partial charge in [-0.3, -0.25) is 9.59 Å². The molecule has 0 fully saturated rings. The van der Waals surface area contributed by atoms with Gasteiger partial charge in [-0.25, -0.2) is 4.39 Å². The third-order valence-electron chi connectivity index (χ3n) is 2.66. The highest BCUT2D eigenvalue weighted by atomic mass is 35.5. The average molecular weight is 322 g/mol. The van der Waals surface area contributed by atoms with E-state index in [1.165, 1.54) is 6.07 Å². The summed E-state index contributed by atoms with van der Waals surface area (Å²) in [5.74, 6) is -2.13. The monoisotopic (exact) mass is 321 g/mol. The lowest BCUT2D eigenvalue weighted by Crippen LogP contribution is -2.32. The van der Waals surface area contributed by atoms with E-state index < -0.39 is 17.7 Å². The van der Waals surface area contributed by atoms with Gasteiger partial charge in [0.15, 0.2) is 0 Å². The molecule has 0 radical (unpaired) electrons. The zero-order valence-corrected chi connectivity index (χ0v) is 12.3. The summed E-state index contributed by atoms with van der Waals surface area (Å²) in [6.07, 6.45) is 0.988. The molecule has 1 aromatic rings. The second kappa shape index (κ2) is 7.45. The van der Waals surface area contributed by atoms with E-state index in [0.717, 1.165) is 6.07 Å². The van der Waals surface area contributed by atoms with E-state index in [0.29, 0.717) is 12.8 Å². The Morgan fingerprint density at radius 3 is 2.60 bits per heavy atom. The maximum atomic E-state index is 13.3. The Bertz CT molecular complexity index is 523. The van der Waals surface area contributed by atoms with Crippen LogP contribution in [0.2, 0.25) is 10.0 Å². The van der Waals surface area contributed by atoms with Crippen molar-refractivity contribution in [3.63, 3.8) is 0 Å². The van der Waals surface area contributed by atoms with Crippen molar-refractivity contribution in [1.29, 1.82) is 0 Å². The molecular weight excluding hydrogens is 308 g/mol. The average Bonchev–Trinajstić information content (AvgIpc) is 2.33. The Labute approximate surface area is 125 Å². The molecule has 0 spiro atoms. The molecule has 4 nitrogen and oxygen atoms in total. The minimum absolute atomic E-state index is 0.00125. The van der Waals surface area contributed by atoms with Crippen molar-refractivity contribution in [2.45, 2.75) is 32.2 Å². The van der Waals surface area contributed by atoms with Gasteiger partial charge in [-0.2, -0.15) is 0 Å². The maximum absolute atomic E-state index is 13.3. The van der Waals surface area contributed by atoms with Gasteiger partial charge >= 0.3 is 5.97 Å². The van der Waals surface area contributed by atoms with Crippen molar-refractivity contribution in [2.24, 2.45) is 0 Å². The van der Waals surface area contributed by atoms with E-state index in [4.69, 9.17) is 28.3 Å². The molecule has 1 atom stereocenters. The Kier molecular flexibility index (Phi) is 6.23. The molecule has 1 unspecified atom stereocenters. The van der Waals surface area contributed by atoms with Crippen LogP contribution in [-0.4, -0.2) is 23.0 Å². The molecule has 110 valence electrons. The second-order valence-corrected chi connectivity index (χ2v) is 5.22. The first kappa shape index (κ1) is 16.7. The van der Waals surface area contributed by atoms with Gasteiger partial charge in [0.1, 0.15) is 5.82 Å². The van der Waals surface area contributed by atoms with Crippen LogP contribution in [0.3, 0.4) is 0 Å². The SMILES string of the molecule is CC(CCCC(=O)O)NC(=O)c1cc(F)c(Cl)cc1Cl. The lowest BCUT2D eigenvalue weighted by Gasteiger charge is -2.14. The summed E-state index contributed by atoms with van der Waals surface area (Å²) in [4.78, 5) is 22.3. The quantitative estimate of drug-likeness (QED) is 0.788. The van der Waals surface area contributed by atoms with Crippen LogP contribution < -0.4 is 5.32 Å². The molecule has 0 saturated carbocycles. The summed E-state index contributed by atoms with van der Waals surface area (Å²) < 4.78 is 13.3. The standard InChI is InChI=1S/C13H14Cl2FNO3/c1-7(3-2-4-12(18)19)17-13(20)8-5-11(16)10(15)6-9(8)14/h5-7H,2-4H2,1H3,(H,17,20)(H,18,19). The highest BCUT2D eigenvalue weighted by Gasteiger charge is 2.16. The zero-order valence-electron chi connectivity index (χ0n) is 10.8. The fourth-order valence-corrected chi connectivity index (χ4v) is 2.10. The van der Waals surface area contributed by atoms with E-state index in [1.54, 1.807) is 6.92 Å². The van der Waals surface area contributed by atoms with Crippen LogP contribution in [0.1, 0.15) is 36.5 Å². The van der Waals surface area contributed by atoms with Gasteiger partial charge in [0.25, 0.3) is 5.91 Å². The number of nitrogens with one attached hydrogen (secondary N) is 1. The first-order valence-corrected chi connectivity index (χ1v) is 6.74. The van der Waals surface area contributed by atoms with Crippen LogP contribution in [0.25, 0.3) is 0 Å². The summed E-state index contributed by atoms with van der Waals surface area (Å²) in [7, 11) is 0. The largest absolute Gasteiger partial charge is 0.481 e. The number of carboxylic acids is 1. The molecule has 0 aliphatic rings. The van der Waals surface area contributed by atoms with Crippen molar-refractivity contribution in [1.82, 2.24) is 5.32 Å². The molecule has 2 N–H and O–H groups in total.